The van der Waals surface area contributed by atoms with Crippen LogP contribution < -0.4 is 14.8 Å². The zero-order chi connectivity index (χ0) is 31.3. The number of benzene rings is 3. The van der Waals surface area contributed by atoms with Crippen LogP contribution in [-0.4, -0.2) is 79.2 Å². The lowest BCUT2D eigenvalue weighted by atomic mass is 10.1. The molecule has 232 valence electrons. The van der Waals surface area contributed by atoms with Gasteiger partial charge in [0.2, 0.25) is 5.91 Å². The lowest BCUT2D eigenvalue weighted by molar-refractivity contribution is -0.137. The van der Waals surface area contributed by atoms with E-state index in [4.69, 9.17) is 21.1 Å². The summed E-state index contributed by atoms with van der Waals surface area (Å²) in [5.41, 5.74) is 1.88. The van der Waals surface area contributed by atoms with Gasteiger partial charge in [0.15, 0.2) is 11.5 Å². The van der Waals surface area contributed by atoms with Crippen LogP contribution in [0.2, 0.25) is 5.02 Å². The minimum Gasteiger partial charge on any atom is -0.493 e. The topological polar surface area (TPSA) is 79.8 Å². The van der Waals surface area contributed by atoms with Crippen molar-refractivity contribution in [3.63, 3.8) is 0 Å². The number of nitrogens with zero attached hydrogens (tertiary/aromatic N) is 4. The van der Waals surface area contributed by atoms with Gasteiger partial charge in [0.1, 0.15) is 6.33 Å². The third-order valence-corrected chi connectivity index (χ3v) is 7.87. The van der Waals surface area contributed by atoms with Crippen molar-refractivity contribution in [1.82, 2.24) is 19.8 Å². The number of hydrogen-bond donors (Lipinski definition) is 1. The number of likely N-dealkylation sites (N-methyl/N-ethyl adjacent to an activating group) is 1. The molecule has 8 nitrogen and oxygen atoms in total. The summed E-state index contributed by atoms with van der Waals surface area (Å²) in [6.07, 6.45) is -2.46. The van der Waals surface area contributed by atoms with E-state index in [1.54, 1.807) is 31.4 Å². The third kappa shape index (κ3) is 7.77. The number of rotatable bonds is 10. The second kappa shape index (κ2) is 13.8. The van der Waals surface area contributed by atoms with Gasteiger partial charge in [0.05, 0.1) is 41.9 Å². The van der Waals surface area contributed by atoms with Crippen molar-refractivity contribution in [3.8, 4) is 22.8 Å². The Labute approximate surface area is 258 Å². The Kier molecular flexibility index (Phi) is 9.87. The van der Waals surface area contributed by atoms with Gasteiger partial charge in [-0.1, -0.05) is 29.8 Å². The monoisotopic (exact) mass is 627 g/mol. The number of alkyl halides is 3. The van der Waals surface area contributed by atoms with Crippen LogP contribution in [0.25, 0.3) is 22.2 Å². The molecular weight excluding hydrogens is 595 g/mol. The molecule has 0 atom stereocenters. The number of carbonyl (C=O) groups excluding carboxylic acids is 1. The van der Waals surface area contributed by atoms with Crippen molar-refractivity contribution in [3.05, 3.63) is 77.1 Å². The molecular formula is C32H33ClF3N5O3. The maximum Gasteiger partial charge on any atom is 0.417 e. The van der Waals surface area contributed by atoms with Crippen molar-refractivity contribution in [2.45, 2.75) is 19.0 Å². The highest BCUT2D eigenvalue weighted by molar-refractivity contribution is 6.31. The van der Waals surface area contributed by atoms with E-state index >= 15 is 0 Å². The second-order valence-electron chi connectivity index (χ2n) is 10.7. The number of methoxy groups -OCH3 is 1. The van der Waals surface area contributed by atoms with Gasteiger partial charge in [-0.05, 0) is 49.4 Å². The van der Waals surface area contributed by atoms with Crippen molar-refractivity contribution >= 4 is 34.1 Å². The molecule has 1 amide bonds. The summed E-state index contributed by atoms with van der Waals surface area (Å²) in [5.74, 6) is 0.735. The standard InChI is InChI=1S/C32H33ClF3N5O3/c1-40-11-13-41(14-12-40)10-3-15-44-29-19-27-24(18-28(29)43-2)31(38-20-37-27)22-5-7-23(8-6-22)39-30(42)17-21-4-9-26(33)25(16-21)32(34,35)36/h4-9,16,18-20H,3,10-15,17H2,1-2H3,(H,39,42). The minimum atomic E-state index is -4.60. The fourth-order valence-corrected chi connectivity index (χ4v) is 5.33. The lowest BCUT2D eigenvalue weighted by Gasteiger charge is -2.32. The van der Waals surface area contributed by atoms with Crippen LogP contribution in [0.3, 0.4) is 0 Å². The molecule has 1 fully saturated rings. The Hall–Kier alpha value is -3.93. The van der Waals surface area contributed by atoms with E-state index in [1.807, 2.05) is 12.1 Å². The van der Waals surface area contributed by atoms with E-state index < -0.39 is 22.7 Å². The maximum absolute atomic E-state index is 13.2. The average Bonchev–Trinajstić information content (AvgIpc) is 3.00. The summed E-state index contributed by atoms with van der Waals surface area (Å²) >= 11 is 5.68. The van der Waals surface area contributed by atoms with Crippen molar-refractivity contribution in [2.75, 3.05) is 58.8 Å². The third-order valence-electron chi connectivity index (χ3n) is 7.54. The number of fused-ring (bicyclic) bond motifs is 1. The molecule has 4 aromatic rings. The van der Waals surface area contributed by atoms with Gasteiger partial charge in [-0.15, -0.1) is 0 Å². The van der Waals surface area contributed by atoms with Gasteiger partial charge in [-0.3, -0.25) is 4.79 Å². The summed E-state index contributed by atoms with van der Waals surface area (Å²) in [6, 6.07) is 14.2. The van der Waals surface area contributed by atoms with Gasteiger partial charge in [-0.2, -0.15) is 13.2 Å². The van der Waals surface area contributed by atoms with Crippen LogP contribution in [0, 0.1) is 0 Å². The number of ether oxygens (including phenoxy) is 2. The Morgan fingerprint density at radius 2 is 1.75 bits per heavy atom. The normalized spacial score (nSPS) is 14.5. The molecule has 0 unspecified atom stereocenters. The first kappa shape index (κ1) is 31.5. The molecule has 0 bridgehead atoms. The minimum absolute atomic E-state index is 0.204. The molecule has 1 N–H and O–H groups in total. The van der Waals surface area contributed by atoms with Crippen molar-refractivity contribution in [2.24, 2.45) is 0 Å². The number of halogens is 4. The Balaban J connectivity index is 1.24. The SMILES string of the molecule is COc1cc2c(-c3ccc(NC(=O)Cc4ccc(Cl)c(C(F)(F)F)c4)cc3)ncnc2cc1OCCCN1CCN(C)CC1. The number of piperazine rings is 1. The van der Waals surface area contributed by atoms with Crippen LogP contribution in [0.15, 0.2) is 60.9 Å². The van der Waals surface area contributed by atoms with E-state index in [9.17, 15) is 18.0 Å². The Morgan fingerprint density at radius 1 is 1.00 bits per heavy atom. The molecule has 0 saturated carbocycles. The van der Waals surface area contributed by atoms with Crippen LogP contribution in [0.5, 0.6) is 11.5 Å². The first-order valence-electron chi connectivity index (χ1n) is 14.2. The van der Waals surface area contributed by atoms with Gasteiger partial charge < -0.3 is 24.6 Å². The zero-order valence-electron chi connectivity index (χ0n) is 24.5. The first-order valence-corrected chi connectivity index (χ1v) is 14.6. The summed E-state index contributed by atoms with van der Waals surface area (Å²) in [5, 5.41) is 3.09. The van der Waals surface area contributed by atoms with Crippen LogP contribution in [0.4, 0.5) is 18.9 Å². The molecule has 3 aromatic carbocycles. The molecule has 1 aromatic heterocycles. The molecule has 12 heteroatoms. The highest BCUT2D eigenvalue weighted by Gasteiger charge is 2.33. The molecule has 0 aliphatic carbocycles. The highest BCUT2D eigenvalue weighted by atomic mass is 35.5. The van der Waals surface area contributed by atoms with E-state index in [-0.39, 0.29) is 12.0 Å². The van der Waals surface area contributed by atoms with Gasteiger partial charge >= 0.3 is 6.18 Å². The maximum atomic E-state index is 13.2. The summed E-state index contributed by atoms with van der Waals surface area (Å²) in [7, 11) is 3.73. The molecule has 1 saturated heterocycles. The van der Waals surface area contributed by atoms with Gasteiger partial charge in [-0.25, -0.2) is 9.97 Å². The number of nitrogens with one attached hydrogen (secondary N) is 1. The number of amides is 1. The highest BCUT2D eigenvalue weighted by Crippen LogP contribution is 2.37. The largest absolute Gasteiger partial charge is 0.493 e. The molecule has 0 spiro atoms. The Bertz CT molecular complexity index is 1610. The predicted octanol–water partition coefficient (Wildman–Crippen LogP) is 6.18. The Morgan fingerprint density at radius 3 is 2.45 bits per heavy atom. The van der Waals surface area contributed by atoms with Crippen molar-refractivity contribution in [1.29, 1.82) is 0 Å². The first-order chi connectivity index (χ1) is 21.1. The van der Waals surface area contributed by atoms with E-state index in [0.29, 0.717) is 35.0 Å². The fraction of sp³-hybridized carbons (Fsp3) is 0.344. The number of carbonyl (C=O) groups is 1. The molecule has 1 aliphatic heterocycles. The van der Waals surface area contributed by atoms with Gasteiger partial charge in [0, 0.05) is 55.4 Å². The van der Waals surface area contributed by atoms with Crippen LogP contribution in [-0.2, 0) is 17.4 Å². The van der Waals surface area contributed by atoms with E-state index in [1.165, 1.54) is 12.4 Å². The van der Waals surface area contributed by atoms with Gasteiger partial charge in [0.25, 0.3) is 0 Å². The average molecular weight is 628 g/mol. The number of hydrogen-bond acceptors (Lipinski definition) is 7. The summed E-state index contributed by atoms with van der Waals surface area (Å²) < 4.78 is 51.2. The smallest absolute Gasteiger partial charge is 0.417 e. The van der Waals surface area contributed by atoms with Crippen LogP contribution in [0.1, 0.15) is 17.5 Å². The molecule has 44 heavy (non-hydrogen) atoms. The summed E-state index contributed by atoms with van der Waals surface area (Å²) in [6.45, 7) is 5.83. The van der Waals surface area contributed by atoms with E-state index in [2.05, 4.69) is 32.1 Å². The quantitative estimate of drug-likeness (QED) is 0.211. The number of aromatic nitrogens is 2. The summed E-state index contributed by atoms with van der Waals surface area (Å²) in [4.78, 5) is 26.3. The molecule has 0 radical (unpaired) electrons. The number of anilines is 1. The van der Waals surface area contributed by atoms with E-state index in [0.717, 1.165) is 62.2 Å². The second-order valence-corrected chi connectivity index (χ2v) is 11.1. The molecule has 5 rings (SSSR count). The van der Waals surface area contributed by atoms with Crippen molar-refractivity contribution < 1.29 is 27.4 Å². The predicted molar refractivity (Wildman–Crippen MR) is 164 cm³/mol. The fourth-order valence-electron chi connectivity index (χ4n) is 5.11. The molecule has 2 heterocycles. The van der Waals surface area contributed by atoms with Crippen LogP contribution >= 0.6 is 11.6 Å². The zero-order valence-corrected chi connectivity index (χ0v) is 25.2. The lowest BCUT2D eigenvalue weighted by Crippen LogP contribution is -2.44. The molecule has 1 aliphatic rings.